The minimum atomic E-state index is -0.133. The lowest BCUT2D eigenvalue weighted by Crippen LogP contribution is -2.37. The Labute approximate surface area is 165 Å². The Hall–Kier alpha value is -2.86. The van der Waals surface area contributed by atoms with Crippen molar-refractivity contribution in [2.45, 2.75) is 26.3 Å². The molecule has 2 N–H and O–H groups in total. The zero-order valence-electron chi connectivity index (χ0n) is 16.4. The summed E-state index contributed by atoms with van der Waals surface area (Å²) < 4.78 is 5.28. The van der Waals surface area contributed by atoms with Crippen LogP contribution < -0.4 is 15.4 Å². The van der Waals surface area contributed by atoms with Crippen LogP contribution in [-0.2, 0) is 16.1 Å². The molecule has 148 valence electrons. The maximum Gasteiger partial charge on any atom is 0.227 e. The smallest absolute Gasteiger partial charge is 0.227 e. The number of nitrogens with one attached hydrogen (secondary N) is 2. The molecule has 2 aromatic carbocycles. The second-order valence-electron chi connectivity index (χ2n) is 7.15. The number of amides is 2. The number of likely N-dealkylation sites (tertiary alicyclic amines) is 1. The summed E-state index contributed by atoms with van der Waals surface area (Å²) in [6.45, 7) is 4.11. The number of rotatable bonds is 6. The van der Waals surface area contributed by atoms with Crippen molar-refractivity contribution in [2.75, 3.05) is 30.8 Å². The third-order valence-electron chi connectivity index (χ3n) is 4.95. The van der Waals surface area contributed by atoms with Crippen LogP contribution in [-0.4, -0.2) is 36.9 Å². The molecular formula is C22H27N3O3. The molecule has 0 unspecified atom stereocenters. The first kappa shape index (κ1) is 19.9. The van der Waals surface area contributed by atoms with E-state index >= 15 is 0 Å². The van der Waals surface area contributed by atoms with Crippen molar-refractivity contribution in [3.05, 3.63) is 54.1 Å². The Bertz CT molecular complexity index is 829. The molecule has 1 saturated heterocycles. The predicted molar refractivity (Wildman–Crippen MR) is 110 cm³/mol. The SMILES string of the molecule is COc1cccc(CN2CCC(C(=O)Nc3cccc(NC(C)=O)c3)CC2)c1. The molecule has 28 heavy (non-hydrogen) atoms. The number of nitrogens with zero attached hydrogens (tertiary/aromatic N) is 1. The predicted octanol–water partition coefficient (Wildman–Crippen LogP) is 3.50. The first-order valence-electron chi connectivity index (χ1n) is 9.57. The molecular weight excluding hydrogens is 354 g/mol. The second-order valence-corrected chi connectivity index (χ2v) is 7.15. The normalized spacial score (nSPS) is 15.1. The fourth-order valence-corrected chi connectivity index (χ4v) is 3.50. The van der Waals surface area contributed by atoms with Crippen LogP contribution >= 0.6 is 0 Å². The van der Waals surface area contributed by atoms with Gasteiger partial charge in [-0.05, 0) is 61.8 Å². The molecule has 3 rings (SSSR count). The number of hydrogen-bond acceptors (Lipinski definition) is 4. The topological polar surface area (TPSA) is 70.7 Å². The summed E-state index contributed by atoms with van der Waals surface area (Å²) >= 11 is 0. The van der Waals surface area contributed by atoms with Crippen LogP contribution in [0.4, 0.5) is 11.4 Å². The summed E-state index contributed by atoms with van der Waals surface area (Å²) in [5.41, 5.74) is 2.60. The van der Waals surface area contributed by atoms with Gasteiger partial charge in [0, 0.05) is 30.8 Å². The summed E-state index contributed by atoms with van der Waals surface area (Å²) in [5.74, 6) is 0.784. The number of piperidine rings is 1. The second kappa shape index (κ2) is 9.37. The molecule has 0 aromatic heterocycles. The Balaban J connectivity index is 1.50. The highest BCUT2D eigenvalue weighted by atomic mass is 16.5. The van der Waals surface area contributed by atoms with Crippen molar-refractivity contribution in [3.63, 3.8) is 0 Å². The molecule has 0 aliphatic carbocycles. The Morgan fingerprint density at radius 3 is 2.39 bits per heavy atom. The maximum atomic E-state index is 12.6. The number of benzene rings is 2. The average Bonchev–Trinajstić information content (AvgIpc) is 2.68. The zero-order chi connectivity index (χ0) is 19.9. The average molecular weight is 381 g/mol. The maximum absolute atomic E-state index is 12.6. The summed E-state index contributed by atoms with van der Waals surface area (Å²) in [4.78, 5) is 26.2. The molecule has 0 bridgehead atoms. The number of ether oxygens (including phenoxy) is 1. The van der Waals surface area contributed by atoms with Gasteiger partial charge >= 0.3 is 0 Å². The van der Waals surface area contributed by atoms with E-state index in [4.69, 9.17) is 4.74 Å². The first-order valence-corrected chi connectivity index (χ1v) is 9.57. The van der Waals surface area contributed by atoms with Crippen LogP contribution in [0.2, 0.25) is 0 Å². The summed E-state index contributed by atoms with van der Waals surface area (Å²) in [7, 11) is 1.68. The molecule has 6 heteroatoms. The zero-order valence-corrected chi connectivity index (χ0v) is 16.4. The Morgan fingerprint density at radius 2 is 1.71 bits per heavy atom. The number of anilines is 2. The first-order chi connectivity index (χ1) is 13.5. The van der Waals surface area contributed by atoms with Gasteiger partial charge in [0.15, 0.2) is 0 Å². The molecule has 2 amide bonds. The van der Waals surface area contributed by atoms with Crippen molar-refractivity contribution in [2.24, 2.45) is 5.92 Å². The lowest BCUT2D eigenvalue weighted by Gasteiger charge is -2.31. The summed E-state index contributed by atoms with van der Waals surface area (Å²) in [6, 6.07) is 15.3. The highest BCUT2D eigenvalue weighted by Crippen LogP contribution is 2.23. The lowest BCUT2D eigenvalue weighted by atomic mass is 9.95. The molecule has 1 heterocycles. The van der Waals surface area contributed by atoms with E-state index in [1.165, 1.54) is 12.5 Å². The van der Waals surface area contributed by atoms with E-state index in [2.05, 4.69) is 27.7 Å². The third kappa shape index (κ3) is 5.57. The number of carbonyl (C=O) groups excluding carboxylic acids is 2. The van der Waals surface area contributed by atoms with E-state index in [0.29, 0.717) is 11.4 Å². The van der Waals surface area contributed by atoms with Gasteiger partial charge in [-0.2, -0.15) is 0 Å². The van der Waals surface area contributed by atoms with Crippen LogP contribution in [0.1, 0.15) is 25.3 Å². The van der Waals surface area contributed by atoms with E-state index in [0.717, 1.165) is 38.2 Å². The summed E-state index contributed by atoms with van der Waals surface area (Å²) in [6.07, 6.45) is 1.67. The molecule has 0 atom stereocenters. The number of hydrogen-bond donors (Lipinski definition) is 2. The molecule has 2 aromatic rings. The van der Waals surface area contributed by atoms with Crippen LogP contribution in [0.3, 0.4) is 0 Å². The van der Waals surface area contributed by atoms with Crippen molar-refractivity contribution < 1.29 is 14.3 Å². The number of carbonyl (C=O) groups is 2. The van der Waals surface area contributed by atoms with Gasteiger partial charge in [0.2, 0.25) is 11.8 Å². The highest BCUT2D eigenvalue weighted by molar-refractivity contribution is 5.94. The molecule has 0 saturated carbocycles. The third-order valence-corrected chi connectivity index (χ3v) is 4.95. The number of methoxy groups -OCH3 is 1. The largest absolute Gasteiger partial charge is 0.497 e. The molecule has 6 nitrogen and oxygen atoms in total. The van der Waals surface area contributed by atoms with Gasteiger partial charge < -0.3 is 15.4 Å². The molecule has 0 spiro atoms. The van der Waals surface area contributed by atoms with Crippen molar-refractivity contribution in [1.82, 2.24) is 4.90 Å². The lowest BCUT2D eigenvalue weighted by molar-refractivity contribution is -0.121. The summed E-state index contributed by atoms with van der Waals surface area (Å²) in [5, 5.41) is 5.71. The van der Waals surface area contributed by atoms with Gasteiger partial charge in [-0.15, -0.1) is 0 Å². The van der Waals surface area contributed by atoms with Crippen LogP contribution in [0.5, 0.6) is 5.75 Å². The monoisotopic (exact) mass is 381 g/mol. The van der Waals surface area contributed by atoms with Crippen molar-refractivity contribution >= 4 is 23.2 Å². The molecule has 1 aliphatic heterocycles. The van der Waals surface area contributed by atoms with E-state index in [1.54, 1.807) is 19.2 Å². The van der Waals surface area contributed by atoms with E-state index in [-0.39, 0.29) is 17.7 Å². The quantitative estimate of drug-likeness (QED) is 0.803. The van der Waals surface area contributed by atoms with Gasteiger partial charge in [-0.25, -0.2) is 0 Å². The highest BCUT2D eigenvalue weighted by Gasteiger charge is 2.25. The van der Waals surface area contributed by atoms with Gasteiger partial charge in [-0.3, -0.25) is 14.5 Å². The van der Waals surface area contributed by atoms with E-state index in [1.807, 2.05) is 24.3 Å². The fraction of sp³-hybridized carbons (Fsp3) is 0.364. The molecule has 1 fully saturated rings. The van der Waals surface area contributed by atoms with Gasteiger partial charge in [0.25, 0.3) is 0 Å². The van der Waals surface area contributed by atoms with Crippen LogP contribution in [0.15, 0.2) is 48.5 Å². The van der Waals surface area contributed by atoms with Gasteiger partial charge in [-0.1, -0.05) is 18.2 Å². The molecule has 1 aliphatic rings. The van der Waals surface area contributed by atoms with E-state index in [9.17, 15) is 9.59 Å². The molecule has 0 radical (unpaired) electrons. The fourth-order valence-electron chi connectivity index (χ4n) is 3.50. The van der Waals surface area contributed by atoms with Crippen molar-refractivity contribution in [1.29, 1.82) is 0 Å². The van der Waals surface area contributed by atoms with Gasteiger partial charge in [0.1, 0.15) is 5.75 Å². The van der Waals surface area contributed by atoms with Crippen LogP contribution in [0.25, 0.3) is 0 Å². The Morgan fingerprint density at radius 1 is 1.04 bits per heavy atom. The minimum Gasteiger partial charge on any atom is -0.497 e. The Kier molecular flexibility index (Phi) is 6.66. The van der Waals surface area contributed by atoms with Crippen LogP contribution in [0, 0.1) is 5.92 Å². The van der Waals surface area contributed by atoms with Gasteiger partial charge in [0.05, 0.1) is 7.11 Å². The minimum absolute atomic E-state index is 0.00554. The van der Waals surface area contributed by atoms with Crippen molar-refractivity contribution in [3.8, 4) is 5.75 Å². The van der Waals surface area contributed by atoms with E-state index < -0.39 is 0 Å². The standard InChI is InChI=1S/C22H27N3O3/c1-16(26)23-19-6-4-7-20(14-19)24-22(27)18-9-11-25(12-10-18)15-17-5-3-8-21(13-17)28-2/h3-8,13-14,18H,9-12,15H2,1-2H3,(H,23,26)(H,24,27).